The fourth-order valence-electron chi connectivity index (χ4n) is 13.8. The Morgan fingerprint density at radius 1 is 0.744 bits per heavy atom. The minimum atomic E-state index is -0.281. The van der Waals surface area contributed by atoms with E-state index in [4.69, 9.17) is 43.4 Å². The fraction of sp³-hybridized carbons (Fsp3) is 0.543. The number of piperidine rings is 1. The Morgan fingerprint density at radius 2 is 1.46 bits per heavy atom. The molecule has 2 aromatic heterocycles. The van der Waals surface area contributed by atoms with Gasteiger partial charge in [0.05, 0.1) is 82.4 Å². The van der Waals surface area contributed by atoms with Crippen LogP contribution in [0.1, 0.15) is 100 Å². The number of ketones is 1. The first-order chi connectivity index (χ1) is 44.0. The lowest BCUT2D eigenvalue weighted by atomic mass is 9.76. The molecule has 6 aromatic rings. The molecule has 6 heterocycles. The molecule has 4 aliphatic heterocycles. The second kappa shape index (κ2) is 31.5. The zero-order valence-corrected chi connectivity index (χ0v) is 53.7. The highest BCUT2D eigenvalue weighted by Gasteiger charge is 2.40. The Labute approximate surface area is 534 Å². The summed E-state index contributed by atoms with van der Waals surface area (Å²) in [5.41, 5.74) is 4.90. The molecule has 1 aliphatic carbocycles. The third kappa shape index (κ3) is 16.1. The fourth-order valence-corrected chi connectivity index (χ4v) is 14.8. The number of fused-ring (bicyclic) bond motifs is 3. The van der Waals surface area contributed by atoms with Gasteiger partial charge >= 0.3 is 6.01 Å². The minimum absolute atomic E-state index is 0.0557. The topological polar surface area (TPSA) is 194 Å². The first kappa shape index (κ1) is 64.7. The van der Waals surface area contributed by atoms with Crippen molar-refractivity contribution in [3.8, 4) is 28.8 Å². The molecular weight excluding hydrogens is 1160 g/mol. The maximum absolute atomic E-state index is 14.5. The molecule has 482 valence electrons. The van der Waals surface area contributed by atoms with Crippen molar-refractivity contribution in [2.75, 3.05) is 129 Å². The standard InChI is InChI=1S/C70H91N9O10S/c1-5-66(82)76-30-32-77(33-31-76)67-58-25-29-78(63-43-52(80)42-51-16-9-10-17-54(51)63)46-60(58)73-70(74-67)89-48(2)45-75-27-23-53(24-28-75)87-40-38-85-36-34-84-35-37-86-39-41-88-65-22-21-56(55-18-11-12-19-57(55)65)61-47-90-68(72-61)62-20-13-26-79(62)69(83)59(44-64(81)49(3)71-4)50-14-7-6-8-15-50/h5,9-12,16-19,21-22,42-43,47-50,53,59,62,71,80H,1,6-8,13-15,20,23-41,44-46H2,2-4H3/t48-,49+,59+,62+/m1/s1. The van der Waals surface area contributed by atoms with Gasteiger partial charge in [-0.25, -0.2) is 4.98 Å². The molecule has 0 unspecified atom stereocenters. The summed E-state index contributed by atoms with van der Waals surface area (Å²) >= 11 is 1.62. The molecule has 0 spiro atoms. The van der Waals surface area contributed by atoms with E-state index in [1.807, 2.05) is 59.2 Å². The van der Waals surface area contributed by atoms with Crippen molar-refractivity contribution in [3.63, 3.8) is 0 Å². The molecule has 4 aromatic carbocycles. The third-order valence-electron chi connectivity index (χ3n) is 18.8. The van der Waals surface area contributed by atoms with E-state index in [0.29, 0.717) is 105 Å². The van der Waals surface area contributed by atoms with Gasteiger partial charge in [-0.2, -0.15) is 9.97 Å². The monoisotopic (exact) mass is 1250 g/mol. The molecule has 4 atom stereocenters. The third-order valence-corrected chi connectivity index (χ3v) is 19.7. The van der Waals surface area contributed by atoms with Gasteiger partial charge < -0.3 is 58.4 Å². The summed E-state index contributed by atoms with van der Waals surface area (Å²) < 4.78 is 36.6. The number of anilines is 2. The van der Waals surface area contributed by atoms with Crippen LogP contribution in [0.3, 0.4) is 0 Å². The lowest BCUT2D eigenvalue weighted by Crippen LogP contribution is -2.49. The van der Waals surface area contributed by atoms with Gasteiger partial charge in [-0.3, -0.25) is 19.3 Å². The van der Waals surface area contributed by atoms with Crippen molar-refractivity contribution in [1.29, 1.82) is 0 Å². The summed E-state index contributed by atoms with van der Waals surface area (Å²) in [7, 11) is 1.81. The lowest BCUT2D eigenvalue weighted by Gasteiger charge is -2.38. The number of nitrogens with one attached hydrogen (secondary N) is 1. The van der Waals surface area contributed by atoms with Crippen molar-refractivity contribution >= 4 is 62.0 Å². The zero-order chi connectivity index (χ0) is 62.3. The Hall–Kier alpha value is -6.78. The molecule has 0 bridgehead atoms. The largest absolute Gasteiger partial charge is 0.508 e. The number of hydrogen-bond donors (Lipinski definition) is 2. The average molecular weight is 1250 g/mol. The zero-order valence-electron chi connectivity index (χ0n) is 52.9. The predicted molar refractivity (Wildman–Crippen MR) is 352 cm³/mol. The summed E-state index contributed by atoms with van der Waals surface area (Å²) in [6, 6.07) is 24.1. The number of Topliss-reactive ketones (excluding diaryl/α,β-unsaturated/α-hetero) is 1. The molecule has 1 saturated carbocycles. The van der Waals surface area contributed by atoms with E-state index >= 15 is 0 Å². The number of phenols is 1. The van der Waals surface area contributed by atoms with Gasteiger partial charge in [0.15, 0.2) is 0 Å². The van der Waals surface area contributed by atoms with Crippen LogP contribution >= 0.6 is 11.3 Å². The number of amides is 2. The summed E-state index contributed by atoms with van der Waals surface area (Å²) in [4.78, 5) is 66.3. The van der Waals surface area contributed by atoms with Gasteiger partial charge in [0, 0.05) is 110 Å². The Kier molecular flexibility index (Phi) is 22.7. The number of aromatic hydroxyl groups is 1. The second-order valence-electron chi connectivity index (χ2n) is 24.7. The molecule has 2 N–H and O–H groups in total. The number of hydrogen-bond acceptors (Lipinski definition) is 18. The van der Waals surface area contributed by atoms with E-state index in [1.54, 1.807) is 24.5 Å². The van der Waals surface area contributed by atoms with E-state index in [0.717, 1.165) is 150 Å². The summed E-state index contributed by atoms with van der Waals surface area (Å²) in [6.45, 7) is 18.3. The van der Waals surface area contributed by atoms with E-state index < -0.39 is 0 Å². The molecule has 11 rings (SSSR count). The van der Waals surface area contributed by atoms with Crippen molar-refractivity contribution in [2.24, 2.45) is 11.8 Å². The average Bonchev–Trinajstić information content (AvgIpc) is 1.09. The van der Waals surface area contributed by atoms with Crippen molar-refractivity contribution in [2.45, 2.75) is 115 Å². The second-order valence-corrected chi connectivity index (χ2v) is 25.6. The van der Waals surface area contributed by atoms with E-state index in [-0.39, 0.29) is 59.5 Å². The van der Waals surface area contributed by atoms with Crippen LogP contribution in [0, 0.1) is 11.8 Å². The smallest absolute Gasteiger partial charge is 0.318 e. The number of benzene rings is 4. The van der Waals surface area contributed by atoms with Gasteiger partial charge in [0.2, 0.25) is 11.8 Å². The maximum Gasteiger partial charge on any atom is 0.318 e. The van der Waals surface area contributed by atoms with E-state index in [1.165, 1.54) is 12.5 Å². The molecule has 3 saturated heterocycles. The maximum atomic E-state index is 14.5. The number of phenolic OH excluding ortho intramolecular Hbond substituents is 1. The molecule has 0 radical (unpaired) electrons. The van der Waals surface area contributed by atoms with Gasteiger partial charge in [-0.05, 0) is 107 Å². The first-order valence-electron chi connectivity index (χ1n) is 32.9. The SMILES string of the molecule is C=CC(=O)N1CCN(c2nc(O[C@H](C)CN3CCC(OCCOCCOCCOCCOc4ccc(-c5csc([C@@H]6CCCN6C(=O)[C@@H](CC(=O)[C@H](C)NC)C6CCCCC6)n5)c5ccccc45)CC3)nc3c2CCN(c2cc(O)cc4ccccc24)C3)CC1. The number of carbonyl (C=O) groups is 3. The van der Waals surface area contributed by atoms with Crippen LogP contribution in [0.15, 0.2) is 90.8 Å². The first-order valence-corrected chi connectivity index (χ1v) is 33.8. The molecule has 90 heavy (non-hydrogen) atoms. The van der Waals surface area contributed by atoms with Crippen LogP contribution < -0.4 is 24.6 Å². The summed E-state index contributed by atoms with van der Waals surface area (Å²) in [5, 5.41) is 21.0. The highest BCUT2D eigenvalue weighted by Crippen LogP contribution is 2.43. The molecular formula is C70H91N9O10S. The van der Waals surface area contributed by atoms with Crippen molar-refractivity contribution in [3.05, 3.63) is 107 Å². The number of carbonyl (C=O) groups excluding carboxylic acids is 3. The Balaban J connectivity index is 0.567. The number of ether oxygens (including phenoxy) is 6. The number of likely N-dealkylation sites (tertiary alicyclic amines) is 2. The van der Waals surface area contributed by atoms with Crippen LogP contribution in [0.25, 0.3) is 32.8 Å². The molecule has 2 amide bonds. The van der Waals surface area contributed by atoms with Crippen LogP contribution in [0.4, 0.5) is 11.5 Å². The van der Waals surface area contributed by atoms with Crippen LogP contribution in [0.2, 0.25) is 0 Å². The summed E-state index contributed by atoms with van der Waals surface area (Å²) in [5.74, 6) is 2.04. The van der Waals surface area contributed by atoms with Crippen LogP contribution in [-0.4, -0.2) is 189 Å². The Bertz CT molecular complexity index is 3380. The normalized spacial score (nSPS) is 18.9. The van der Waals surface area contributed by atoms with Crippen molar-refractivity contribution in [1.82, 2.24) is 35.0 Å². The van der Waals surface area contributed by atoms with Gasteiger partial charge in [0.1, 0.15) is 40.8 Å². The molecule has 4 fully saturated rings. The molecule has 5 aliphatic rings. The number of piperazine rings is 1. The number of likely N-dealkylation sites (N-methyl/N-ethyl adjacent to an activating group) is 1. The summed E-state index contributed by atoms with van der Waals surface area (Å²) in [6.07, 6.45) is 11.5. The molecule has 20 heteroatoms. The number of rotatable bonds is 29. The quantitative estimate of drug-likeness (QED) is 0.0333. The number of nitrogens with zero attached hydrogens (tertiary/aromatic N) is 8. The van der Waals surface area contributed by atoms with E-state index in [9.17, 15) is 19.5 Å². The number of thiazole rings is 1. The highest BCUT2D eigenvalue weighted by atomic mass is 32.1. The number of aromatic nitrogens is 3. The van der Waals surface area contributed by atoms with E-state index in [2.05, 4.69) is 63.2 Å². The highest BCUT2D eigenvalue weighted by molar-refractivity contribution is 7.10. The minimum Gasteiger partial charge on any atom is -0.508 e. The predicted octanol–water partition coefficient (Wildman–Crippen LogP) is 9.81. The van der Waals surface area contributed by atoms with Gasteiger partial charge in [-0.15, -0.1) is 11.3 Å². The Morgan fingerprint density at radius 3 is 2.20 bits per heavy atom. The van der Waals surface area contributed by atoms with Crippen LogP contribution in [0.5, 0.6) is 17.5 Å². The van der Waals surface area contributed by atoms with Crippen molar-refractivity contribution < 1.29 is 47.9 Å². The van der Waals surface area contributed by atoms with Gasteiger partial charge in [0.25, 0.3) is 0 Å². The lowest BCUT2D eigenvalue weighted by molar-refractivity contribution is -0.141. The van der Waals surface area contributed by atoms with Crippen LogP contribution in [-0.2, 0) is 46.3 Å². The molecule has 19 nitrogen and oxygen atoms in total. The van der Waals surface area contributed by atoms with Gasteiger partial charge in [-0.1, -0.05) is 74.4 Å².